The van der Waals surface area contributed by atoms with E-state index in [9.17, 15) is 13.2 Å². The Bertz CT molecular complexity index is 1580. The molecule has 1 aliphatic carbocycles. The van der Waals surface area contributed by atoms with Crippen LogP contribution in [0.3, 0.4) is 0 Å². The summed E-state index contributed by atoms with van der Waals surface area (Å²) >= 11 is 1.50. The van der Waals surface area contributed by atoms with Crippen LogP contribution in [-0.2, 0) is 14.8 Å². The summed E-state index contributed by atoms with van der Waals surface area (Å²) in [6.07, 6.45) is 3.95. The summed E-state index contributed by atoms with van der Waals surface area (Å²) in [5.41, 5.74) is 8.22. The maximum absolute atomic E-state index is 13.6. The van der Waals surface area contributed by atoms with Crippen molar-refractivity contribution in [2.45, 2.75) is 68.9 Å². The molecule has 2 aromatic carbocycles. The third-order valence-electron chi connectivity index (χ3n) is 6.47. The van der Waals surface area contributed by atoms with E-state index >= 15 is 0 Å². The van der Waals surface area contributed by atoms with Gasteiger partial charge in [-0.3, -0.25) is 5.10 Å². The van der Waals surface area contributed by atoms with Crippen LogP contribution in [0.5, 0.6) is 0 Å². The molecule has 2 aromatic heterocycles. The Morgan fingerprint density at radius 1 is 1.11 bits per heavy atom. The van der Waals surface area contributed by atoms with Crippen molar-refractivity contribution < 1.29 is 17.9 Å². The second-order valence-corrected chi connectivity index (χ2v) is 13.3. The molecule has 12 heteroatoms. The highest BCUT2D eigenvalue weighted by Gasteiger charge is 2.29. The van der Waals surface area contributed by atoms with Crippen molar-refractivity contribution in [3.63, 3.8) is 0 Å². The molecular formula is C26H30N6O4S2. The van der Waals surface area contributed by atoms with Crippen LogP contribution in [0, 0.1) is 0 Å². The lowest BCUT2D eigenvalue weighted by atomic mass is 9.88. The van der Waals surface area contributed by atoms with E-state index in [0.717, 1.165) is 57.7 Å². The Morgan fingerprint density at radius 3 is 2.53 bits per heavy atom. The van der Waals surface area contributed by atoms with E-state index in [-0.39, 0.29) is 16.9 Å². The number of carbonyl (C=O) groups is 1. The maximum atomic E-state index is 13.6. The van der Waals surface area contributed by atoms with Crippen LogP contribution >= 0.6 is 11.3 Å². The van der Waals surface area contributed by atoms with Gasteiger partial charge < -0.3 is 10.5 Å². The number of H-pyrrole nitrogens is 1. The van der Waals surface area contributed by atoms with E-state index < -0.39 is 21.7 Å². The van der Waals surface area contributed by atoms with Gasteiger partial charge in [-0.05, 0) is 75.8 Å². The lowest BCUT2D eigenvalue weighted by Crippen LogP contribution is -2.40. The highest BCUT2D eigenvalue weighted by molar-refractivity contribution is 7.89. The van der Waals surface area contributed by atoms with Gasteiger partial charge in [0.2, 0.25) is 10.0 Å². The topological polar surface area (TPSA) is 153 Å². The van der Waals surface area contributed by atoms with E-state index in [0.29, 0.717) is 5.56 Å². The first-order chi connectivity index (χ1) is 18.0. The summed E-state index contributed by atoms with van der Waals surface area (Å²) in [4.78, 5) is 16.7. The van der Waals surface area contributed by atoms with Crippen LogP contribution in [0.25, 0.3) is 32.6 Å². The summed E-state index contributed by atoms with van der Waals surface area (Å²) in [6, 6.07) is 11.1. The number of nitrogens with two attached hydrogens (primary N) is 1. The zero-order chi connectivity index (χ0) is 27.1. The van der Waals surface area contributed by atoms with Gasteiger partial charge in [0.25, 0.3) is 0 Å². The summed E-state index contributed by atoms with van der Waals surface area (Å²) in [5.74, 6) is 0.225. The molecule has 0 radical (unpaired) electrons. The first-order valence-electron chi connectivity index (χ1n) is 12.4. The second-order valence-electron chi connectivity index (χ2n) is 10.6. The number of amides is 1. The fourth-order valence-corrected chi connectivity index (χ4v) is 7.66. The minimum Gasteiger partial charge on any atom is -0.446 e. The number of carbonyl (C=O) groups excluding carboxylic acids is 1. The van der Waals surface area contributed by atoms with Crippen molar-refractivity contribution >= 4 is 38.5 Å². The first-order valence-corrected chi connectivity index (χ1v) is 14.7. The molecular weight excluding hydrogens is 524 g/mol. The predicted molar refractivity (Wildman–Crippen MR) is 146 cm³/mol. The molecule has 0 spiro atoms. The predicted octanol–water partition coefficient (Wildman–Crippen LogP) is 4.95. The molecule has 10 nitrogen and oxygen atoms in total. The largest absolute Gasteiger partial charge is 0.446 e. The molecule has 0 bridgehead atoms. The van der Waals surface area contributed by atoms with Crippen LogP contribution in [0.4, 0.5) is 4.79 Å². The van der Waals surface area contributed by atoms with Gasteiger partial charge >= 0.3 is 6.09 Å². The molecule has 1 saturated carbocycles. The van der Waals surface area contributed by atoms with E-state index in [1.807, 2.05) is 51.1 Å². The number of benzene rings is 2. The maximum Gasteiger partial charge on any atom is 0.404 e. The van der Waals surface area contributed by atoms with Crippen molar-refractivity contribution in [1.29, 1.82) is 0 Å². The molecule has 200 valence electrons. The molecule has 4 aromatic rings. The fraction of sp³-hybridized carbons (Fsp3) is 0.385. The Kier molecular flexibility index (Phi) is 6.97. The number of primary amides is 1. The number of aromatic nitrogens is 4. The molecule has 0 unspecified atom stereocenters. The SMILES string of the molecule is CC(C)(C)NS(=O)(=O)c1cc(-c2ccc3nn[nH]c3c2)ccc1-c1cnc([C@H]2CC[C@H](OC(N)=O)CC2)s1. The van der Waals surface area contributed by atoms with E-state index in [4.69, 9.17) is 10.5 Å². The zero-order valence-electron chi connectivity index (χ0n) is 21.4. The van der Waals surface area contributed by atoms with E-state index in [1.165, 1.54) is 11.3 Å². The quantitative estimate of drug-likeness (QED) is 0.305. The number of thiazole rings is 1. The molecule has 0 atom stereocenters. The number of fused-ring (bicyclic) bond motifs is 1. The lowest BCUT2D eigenvalue weighted by molar-refractivity contribution is 0.0787. The molecule has 4 N–H and O–H groups in total. The number of rotatable bonds is 6. The van der Waals surface area contributed by atoms with Gasteiger partial charge in [0.15, 0.2) is 0 Å². The van der Waals surface area contributed by atoms with Gasteiger partial charge in [-0.25, -0.2) is 22.9 Å². The Hall–Kier alpha value is -3.35. The number of nitrogens with one attached hydrogen (secondary N) is 2. The first kappa shape index (κ1) is 26.3. The molecule has 5 rings (SSSR count). The number of nitrogens with zero attached hydrogens (tertiary/aromatic N) is 3. The van der Waals surface area contributed by atoms with Gasteiger partial charge in [0.05, 0.1) is 20.3 Å². The molecule has 0 aliphatic heterocycles. The lowest BCUT2D eigenvalue weighted by Gasteiger charge is -2.26. The van der Waals surface area contributed by atoms with Crippen molar-refractivity contribution in [1.82, 2.24) is 25.1 Å². The van der Waals surface area contributed by atoms with Crippen molar-refractivity contribution in [3.8, 4) is 21.6 Å². The molecule has 38 heavy (non-hydrogen) atoms. The van der Waals surface area contributed by atoms with Gasteiger partial charge in [-0.15, -0.1) is 16.4 Å². The Labute approximate surface area is 225 Å². The number of hydrogen-bond donors (Lipinski definition) is 3. The summed E-state index contributed by atoms with van der Waals surface area (Å²) in [5, 5.41) is 11.7. The number of hydrogen-bond acceptors (Lipinski definition) is 8. The van der Waals surface area contributed by atoms with Gasteiger partial charge in [-0.1, -0.05) is 23.4 Å². The highest BCUT2D eigenvalue weighted by atomic mass is 32.2. The Balaban J connectivity index is 1.50. The summed E-state index contributed by atoms with van der Waals surface area (Å²) in [6.45, 7) is 5.45. The van der Waals surface area contributed by atoms with E-state index in [2.05, 4.69) is 25.1 Å². The molecule has 0 saturated heterocycles. The third kappa shape index (κ3) is 5.71. The number of aromatic amines is 1. The molecule has 1 aliphatic rings. The smallest absolute Gasteiger partial charge is 0.404 e. The van der Waals surface area contributed by atoms with Crippen molar-refractivity contribution in [2.24, 2.45) is 5.73 Å². The van der Waals surface area contributed by atoms with Gasteiger partial charge in [0.1, 0.15) is 11.6 Å². The molecule has 1 amide bonds. The number of sulfonamides is 1. The van der Waals surface area contributed by atoms with Crippen LogP contribution in [0.2, 0.25) is 0 Å². The summed E-state index contributed by atoms with van der Waals surface area (Å²) < 4.78 is 35.2. The monoisotopic (exact) mass is 554 g/mol. The average Bonchev–Trinajstić information content (AvgIpc) is 3.52. The second kappa shape index (κ2) is 10.1. The standard InChI is InChI=1S/C26H30N6O4S2/c1-26(2,3)31-38(34,35)23-13-17(16-7-11-20-21(12-16)30-32-29-20)6-10-19(23)22-14-28-24(37-22)15-4-8-18(9-5-15)36-25(27)33/h6-7,10-15,18,31H,4-5,8-9H2,1-3H3,(H2,27,33)(H,29,30,32)/t15-,18-. The minimum absolute atomic E-state index is 0.160. The normalized spacial score (nSPS) is 18.5. The van der Waals surface area contributed by atoms with E-state index in [1.54, 1.807) is 12.3 Å². The van der Waals surface area contributed by atoms with Gasteiger partial charge in [0, 0.05) is 23.2 Å². The van der Waals surface area contributed by atoms with Gasteiger partial charge in [-0.2, -0.15) is 0 Å². The van der Waals surface area contributed by atoms with Crippen molar-refractivity contribution in [3.05, 3.63) is 47.6 Å². The van der Waals surface area contributed by atoms with Crippen LogP contribution in [0.1, 0.15) is 57.4 Å². The van der Waals surface area contributed by atoms with Crippen LogP contribution in [-0.4, -0.2) is 46.5 Å². The zero-order valence-corrected chi connectivity index (χ0v) is 23.0. The fourth-order valence-electron chi connectivity index (χ4n) is 4.80. The third-order valence-corrected chi connectivity index (χ3v) is 9.46. The van der Waals surface area contributed by atoms with Crippen molar-refractivity contribution in [2.75, 3.05) is 0 Å². The summed E-state index contributed by atoms with van der Waals surface area (Å²) in [7, 11) is -3.86. The molecule has 1 fully saturated rings. The minimum atomic E-state index is -3.86. The number of ether oxygens (including phenoxy) is 1. The highest BCUT2D eigenvalue weighted by Crippen LogP contribution is 2.41. The average molecular weight is 555 g/mol. The van der Waals surface area contributed by atoms with Crippen LogP contribution in [0.15, 0.2) is 47.5 Å². The Morgan fingerprint density at radius 2 is 1.82 bits per heavy atom. The molecule has 2 heterocycles. The van der Waals surface area contributed by atoms with Crippen LogP contribution < -0.4 is 10.5 Å².